The Bertz CT molecular complexity index is 528. The van der Waals surface area contributed by atoms with Crippen molar-refractivity contribution >= 4 is 14.0 Å². The summed E-state index contributed by atoms with van der Waals surface area (Å²) in [5.74, 6) is 0. The monoisotopic (exact) mass is 347 g/mol. The van der Waals surface area contributed by atoms with E-state index in [2.05, 4.69) is 75.2 Å². The van der Waals surface area contributed by atoms with Crippen LogP contribution in [0.2, 0.25) is 18.1 Å². The maximum absolute atomic E-state index is 6.32. The third-order valence-electron chi connectivity index (χ3n) is 5.15. The molecule has 0 N–H and O–H groups in total. The minimum absolute atomic E-state index is 0.267. The number of hydrogen-bond donors (Lipinski definition) is 0. The first kappa shape index (κ1) is 19.2. The zero-order valence-electron chi connectivity index (χ0n) is 16.0. The molecule has 0 amide bonds. The molecule has 0 aromatic heterocycles. The maximum Gasteiger partial charge on any atom is 0.191 e. The molecule has 1 fully saturated rings. The predicted octanol–water partition coefficient (Wildman–Crippen LogP) is 4.77. The summed E-state index contributed by atoms with van der Waals surface area (Å²) in [6.07, 6.45) is 3.29. The number of morpholine rings is 1. The van der Waals surface area contributed by atoms with Crippen LogP contribution in [0.5, 0.6) is 0 Å². The Kier molecular flexibility index (Phi) is 6.67. The third kappa shape index (κ3) is 5.20. The molecule has 0 radical (unpaired) electrons. The minimum Gasteiger partial charge on any atom is -0.417 e. The molecule has 2 rings (SSSR count). The summed E-state index contributed by atoms with van der Waals surface area (Å²) < 4.78 is 11.8. The van der Waals surface area contributed by atoms with Gasteiger partial charge in [0.25, 0.3) is 0 Å². The second kappa shape index (κ2) is 8.32. The number of ether oxygens (including phenoxy) is 1. The summed E-state index contributed by atoms with van der Waals surface area (Å²) in [6.45, 7) is 15.8. The van der Waals surface area contributed by atoms with E-state index in [1.54, 1.807) is 0 Å². The molecule has 0 spiro atoms. The molecule has 0 unspecified atom stereocenters. The molecule has 0 aliphatic carbocycles. The zero-order chi connectivity index (χ0) is 17.6. The number of benzene rings is 1. The Morgan fingerprint density at radius 2 is 1.79 bits per heavy atom. The maximum atomic E-state index is 6.32. The Labute approximate surface area is 148 Å². The average Bonchev–Trinajstić information content (AvgIpc) is 2.55. The van der Waals surface area contributed by atoms with Crippen molar-refractivity contribution in [1.82, 2.24) is 4.90 Å². The van der Waals surface area contributed by atoms with Gasteiger partial charge in [0.1, 0.15) is 0 Å². The van der Waals surface area contributed by atoms with Crippen LogP contribution >= 0.6 is 0 Å². The van der Waals surface area contributed by atoms with Crippen molar-refractivity contribution < 1.29 is 9.16 Å². The second-order valence-corrected chi connectivity index (χ2v) is 12.8. The summed E-state index contributed by atoms with van der Waals surface area (Å²) >= 11 is 0. The van der Waals surface area contributed by atoms with E-state index in [4.69, 9.17) is 9.16 Å². The fourth-order valence-electron chi connectivity index (χ4n) is 2.57. The molecule has 1 aliphatic rings. The van der Waals surface area contributed by atoms with Crippen molar-refractivity contribution in [3.05, 3.63) is 42.0 Å². The van der Waals surface area contributed by atoms with Crippen molar-refractivity contribution in [1.29, 1.82) is 0 Å². The molecule has 24 heavy (non-hydrogen) atoms. The Balaban J connectivity index is 2.03. The van der Waals surface area contributed by atoms with Crippen LogP contribution in [0, 0.1) is 0 Å². The third-order valence-corrected chi connectivity index (χ3v) is 9.68. The van der Waals surface area contributed by atoms with Gasteiger partial charge >= 0.3 is 0 Å². The number of nitrogens with zero attached hydrogens (tertiary/aromatic N) is 1. The van der Waals surface area contributed by atoms with Crippen molar-refractivity contribution in [2.24, 2.45) is 0 Å². The highest BCUT2D eigenvalue weighted by molar-refractivity contribution is 6.74. The summed E-state index contributed by atoms with van der Waals surface area (Å²) in [4.78, 5) is 2.44. The Hall–Kier alpha value is -1.10. The lowest BCUT2D eigenvalue weighted by Crippen LogP contribution is -2.41. The summed E-state index contributed by atoms with van der Waals surface area (Å²) in [6, 6.07) is 10.7. The van der Waals surface area contributed by atoms with E-state index in [9.17, 15) is 0 Å². The SMILES string of the molecule is CC(C)(C)[Si](C)(C)OCC/C=C(\c1ccccc1)N1CCOCC1. The molecule has 1 aromatic carbocycles. The standard InChI is InChI=1S/C20H33NO2Si/c1-20(2,3)24(4,5)23-15-9-12-19(18-10-7-6-8-11-18)21-13-16-22-17-14-21/h6-8,10-12H,9,13-17H2,1-5H3/b19-12+. The van der Waals surface area contributed by atoms with E-state index in [1.807, 2.05) is 0 Å². The zero-order valence-corrected chi connectivity index (χ0v) is 17.0. The van der Waals surface area contributed by atoms with Gasteiger partial charge < -0.3 is 14.1 Å². The largest absolute Gasteiger partial charge is 0.417 e. The van der Waals surface area contributed by atoms with Gasteiger partial charge in [0.15, 0.2) is 8.32 Å². The van der Waals surface area contributed by atoms with Crippen LogP contribution in [0.25, 0.3) is 5.70 Å². The normalized spacial score (nSPS) is 17.2. The first-order chi connectivity index (χ1) is 11.3. The molecule has 134 valence electrons. The lowest BCUT2D eigenvalue weighted by atomic mass is 10.1. The molecule has 1 heterocycles. The first-order valence-corrected chi connectivity index (χ1v) is 11.9. The van der Waals surface area contributed by atoms with Crippen LogP contribution in [0.4, 0.5) is 0 Å². The summed E-state index contributed by atoms with van der Waals surface area (Å²) in [7, 11) is -1.66. The fourth-order valence-corrected chi connectivity index (χ4v) is 3.63. The van der Waals surface area contributed by atoms with Crippen LogP contribution < -0.4 is 0 Å². The van der Waals surface area contributed by atoms with Crippen molar-refractivity contribution in [3.8, 4) is 0 Å². The van der Waals surface area contributed by atoms with Gasteiger partial charge in [-0.2, -0.15) is 0 Å². The molecule has 1 aliphatic heterocycles. The average molecular weight is 348 g/mol. The predicted molar refractivity (Wildman–Crippen MR) is 105 cm³/mol. The molecule has 3 nitrogen and oxygen atoms in total. The molecule has 4 heteroatoms. The summed E-state index contributed by atoms with van der Waals surface area (Å²) in [5.41, 5.74) is 2.60. The molecule has 0 bridgehead atoms. The van der Waals surface area contributed by atoms with Gasteiger partial charge in [-0.15, -0.1) is 0 Å². The minimum atomic E-state index is -1.66. The second-order valence-electron chi connectivity index (χ2n) is 7.95. The smallest absolute Gasteiger partial charge is 0.191 e. The first-order valence-electron chi connectivity index (χ1n) is 9.03. The number of hydrogen-bond acceptors (Lipinski definition) is 3. The lowest BCUT2D eigenvalue weighted by Gasteiger charge is -2.36. The van der Waals surface area contributed by atoms with E-state index in [0.29, 0.717) is 0 Å². The van der Waals surface area contributed by atoms with Crippen LogP contribution in [0.1, 0.15) is 32.8 Å². The van der Waals surface area contributed by atoms with Gasteiger partial charge in [-0.05, 0) is 30.1 Å². The molecule has 0 saturated carbocycles. The van der Waals surface area contributed by atoms with E-state index in [-0.39, 0.29) is 5.04 Å². The van der Waals surface area contributed by atoms with E-state index >= 15 is 0 Å². The molecular weight excluding hydrogens is 314 g/mol. The summed E-state index contributed by atoms with van der Waals surface area (Å²) in [5, 5.41) is 0.267. The van der Waals surface area contributed by atoms with Crippen molar-refractivity contribution in [2.75, 3.05) is 32.9 Å². The van der Waals surface area contributed by atoms with Gasteiger partial charge in [0.05, 0.1) is 13.2 Å². The Morgan fingerprint density at radius 1 is 1.17 bits per heavy atom. The van der Waals surface area contributed by atoms with Crippen molar-refractivity contribution in [3.63, 3.8) is 0 Å². The van der Waals surface area contributed by atoms with Crippen LogP contribution in [0.3, 0.4) is 0 Å². The fraction of sp³-hybridized carbons (Fsp3) is 0.600. The highest BCUT2D eigenvalue weighted by Gasteiger charge is 2.36. The van der Waals surface area contributed by atoms with E-state index in [0.717, 1.165) is 39.3 Å². The molecule has 1 saturated heterocycles. The molecule has 1 aromatic rings. The van der Waals surface area contributed by atoms with Crippen LogP contribution in [-0.2, 0) is 9.16 Å². The quantitative estimate of drug-likeness (QED) is 0.546. The highest BCUT2D eigenvalue weighted by Crippen LogP contribution is 2.36. The van der Waals surface area contributed by atoms with E-state index < -0.39 is 8.32 Å². The van der Waals surface area contributed by atoms with Gasteiger partial charge in [-0.3, -0.25) is 0 Å². The molecular formula is C20H33NO2Si. The van der Waals surface area contributed by atoms with Crippen LogP contribution in [0.15, 0.2) is 36.4 Å². The van der Waals surface area contributed by atoms with Gasteiger partial charge in [-0.25, -0.2) is 0 Å². The topological polar surface area (TPSA) is 21.7 Å². The van der Waals surface area contributed by atoms with Gasteiger partial charge in [0, 0.05) is 25.4 Å². The lowest BCUT2D eigenvalue weighted by molar-refractivity contribution is 0.0638. The van der Waals surface area contributed by atoms with Gasteiger partial charge in [0.2, 0.25) is 0 Å². The molecule has 0 atom stereocenters. The van der Waals surface area contributed by atoms with E-state index in [1.165, 1.54) is 11.3 Å². The highest BCUT2D eigenvalue weighted by atomic mass is 28.4. The van der Waals surface area contributed by atoms with Crippen molar-refractivity contribution in [2.45, 2.75) is 45.3 Å². The van der Waals surface area contributed by atoms with Gasteiger partial charge in [-0.1, -0.05) is 57.2 Å². The Morgan fingerprint density at radius 3 is 2.38 bits per heavy atom. The van der Waals surface area contributed by atoms with Crippen LogP contribution in [-0.4, -0.2) is 46.1 Å². The number of rotatable bonds is 6.